The number of nitrogens with zero attached hydrogens (tertiary/aromatic N) is 2. The molecular formula is C10H16N4O2. The van der Waals surface area contributed by atoms with Gasteiger partial charge in [0.15, 0.2) is 0 Å². The van der Waals surface area contributed by atoms with E-state index in [9.17, 15) is 9.59 Å². The number of hydrogen-bond acceptors (Lipinski definition) is 3. The van der Waals surface area contributed by atoms with Gasteiger partial charge in [-0.05, 0) is 5.92 Å². The predicted octanol–water partition coefficient (Wildman–Crippen LogP) is 0.213. The van der Waals surface area contributed by atoms with Gasteiger partial charge in [-0.2, -0.15) is 0 Å². The van der Waals surface area contributed by atoms with Crippen LogP contribution in [0.3, 0.4) is 0 Å². The highest BCUT2D eigenvalue weighted by molar-refractivity contribution is 5.84. The second-order valence-corrected chi connectivity index (χ2v) is 3.83. The maximum atomic E-state index is 11.4. The lowest BCUT2D eigenvalue weighted by Gasteiger charge is -2.08. The summed E-state index contributed by atoms with van der Waals surface area (Å²) in [6.45, 7) is 4.60. The lowest BCUT2D eigenvalue weighted by atomic mass is 10.2. The van der Waals surface area contributed by atoms with Gasteiger partial charge < -0.3 is 10.6 Å². The van der Waals surface area contributed by atoms with Gasteiger partial charge in [0.2, 0.25) is 5.91 Å². The number of rotatable bonds is 4. The monoisotopic (exact) mass is 224 g/mol. The molecule has 0 aliphatic heterocycles. The summed E-state index contributed by atoms with van der Waals surface area (Å²) in [5.74, 6) is 0.204. The standard InChI is InChI=1S/C10H16N4O2/c1-8(2)5-12-9(15)6-13-10(16)14-4-3-11-7-14/h3-4,7-8H,5-6H2,1-2H3,(H,12,15)(H,13,16). The van der Waals surface area contributed by atoms with Crippen molar-refractivity contribution >= 4 is 11.9 Å². The summed E-state index contributed by atoms with van der Waals surface area (Å²) in [7, 11) is 0. The normalized spacial score (nSPS) is 10.2. The minimum Gasteiger partial charge on any atom is -0.354 e. The highest BCUT2D eigenvalue weighted by Gasteiger charge is 2.06. The minimum atomic E-state index is -0.364. The third kappa shape index (κ3) is 4.12. The Balaban J connectivity index is 2.24. The molecule has 1 rings (SSSR count). The van der Waals surface area contributed by atoms with Crippen molar-refractivity contribution in [2.75, 3.05) is 13.1 Å². The van der Waals surface area contributed by atoms with E-state index in [0.29, 0.717) is 12.5 Å². The maximum Gasteiger partial charge on any atom is 0.327 e. The van der Waals surface area contributed by atoms with Crippen LogP contribution in [-0.2, 0) is 4.79 Å². The lowest BCUT2D eigenvalue weighted by molar-refractivity contribution is -0.120. The second-order valence-electron chi connectivity index (χ2n) is 3.83. The minimum absolute atomic E-state index is 0.0241. The quantitative estimate of drug-likeness (QED) is 0.767. The number of amides is 2. The van der Waals surface area contributed by atoms with Crippen LogP contribution >= 0.6 is 0 Å². The fourth-order valence-electron chi connectivity index (χ4n) is 1.01. The highest BCUT2D eigenvalue weighted by Crippen LogP contribution is 1.87. The molecule has 1 heterocycles. The smallest absolute Gasteiger partial charge is 0.327 e. The maximum absolute atomic E-state index is 11.4. The van der Waals surface area contributed by atoms with E-state index in [1.165, 1.54) is 23.3 Å². The van der Waals surface area contributed by atoms with E-state index in [0.717, 1.165) is 0 Å². The molecule has 0 aromatic carbocycles. The van der Waals surface area contributed by atoms with E-state index >= 15 is 0 Å². The molecule has 0 aliphatic rings. The molecule has 16 heavy (non-hydrogen) atoms. The molecule has 0 saturated heterocycles. The van der Waals surface area contributed by atoms with Crippen LogP contribution in [0.1, 0.15) is 13.8 Å². The molecule has 0 spiro atoms. The SMILES string of the molecule is CC(C)CNC(=O)CNC(=O)n1ccnc1. The van der Waals surface area contributed by atoms with Crippen molar-refractivity contribution in [3.8, 4) is 0 Å². The third-order valence-electron chi connectivity index (χ3n) is 1.85. The van der Waals surface area contributed by atoms with Gasteiger partial charge in [0.1, 0.15) is 6.33 Å². The number of nitrogens with one attached hydrogen (secondary N) is 2. The molecule has 0 aliphatic carbocycles. The summed E-state index contributed by atoms with van der Waals surface area (Å²) in [5, 5.41) is 5.18. The van der Waals surface area contributed by atoms with Gasteiger partial charge in [-0.25, -0.2) is 9.78 Å². The first-order valence-corrected chi connectivity index (χ1v) is 5.12. The molecule has 0 unspecified atom stereocenters. The molecule has 0 bridgehead atoms. The van der Waals surface area contributed by atoms with Crippen LogP contribution < -0.4 is 10.6 Å². The number of carbonyl (C=O) groups is 2. The highest BCUT2D eigenvalue weighted by atomic mass is 16.2. The lowest BCUT2D eigenvalue weighted by Crippen LogP contribution is -2.39. The molecular weight excluding hydrogens is 208 g/mol. The van der Waals surface area contributed by atoms with Crippen molar-refractivity contribution < 1.29 is 9.59 Å². The van der Waals surface area contributed by atoms with E-state index in [2.05, 4.69) is 15.6 Å². The van der Waals surface area contributed by atoms with Crippen LogP contribution in [0.2, 0.25) is 0 Å². The van der Waals surface area contributed by atoms with Crippen molar-refractivity contribution in [2.24, 2.45) is 5.92 Å². The van der Waals surface area contributed by atoms with Crippen molar-refractivity contribution in [3.05, 3.63) is 18.7 Å². The van der Waals surface area contributed by atoms with E-state index in [-0.39, 0.29) is 18.5 Å². The number of hydrogen-bond donors (Lipinski definition) is 2. The van der Waals surface area contributed by atoms with Crippen molar-refractivity contribution in [1.82, 2.24) is 20.2 Å². The largest absolute Gasteiger partial charge is 0.354 e. The average molecular weight is 224 g/mol. The van der Waals surface area contributed by atoms with Crippen LogP contribution in [0, 0.1) is 5.92 Å². The molecule has 6 heteroatoms. The summed E-state index contributed by atoms with van der Waals surface area (Å²) in [4.78, 5) is 26.4. The topological polar surface area (TPSA) is 76.0 Å². The summed E-state index contributed by atoms with van der Waals surface area (Å²) < 4.78 is 1.27. The Hall–Kier alpha value is -1.85. The fourth-order valence-corrected chi connectivity index (χ4v) is 1.01. The van der Waals surface area contributed by atoms with Crippen molar-refractivity contribution in [3.63, 3.8) is 0 Å². The Morgan fingerprint density at radius 2 is 2.12 bits per heavy atom. The molecule has 88 valence electrons. The zero-order valence-corrected chi connectivity index (χ0v) is 9.43. The first-order valence-electron chi connectivity index (χ1n) is 5.12. The van der Waals surface area contributed by atoms with Gasteiger partial charge >= 0.3 is 6.03 Å². The molecule has 1 aromatic heterocycles. The van der Waals surface area contributed by atoms with Crippen molar-refractivity contribution in [1.29, 1.82) is 0 Å². The first kappa shape index (κ1) is 12.2. The van der Waals surface area contributed by atoms with Crippen molar-refractivity contribution in [2.45, 2.75) is 13.8 Å². The Bertz CT molecular complexity index is 346. The van der Waals surface area contributed by atoms with Gasteiger partial charge in [-0.1, -0.05) is 13.8 Å². The Labute approximate surface area is 94.0 Å². The van der Waals surface area contributed by atoms with Crippen LogP contribution in [0.25, 0.3) is 0 Å². The van der Waals surface area contributed by atoms with Gasteiger partial charge in [0, 0.05) is 18.9 Å². The first-order chi connectivity index (χ1) is 7.59. The van der Waals surface area contributed by atoms with Gasteiger partial charge in [0.05, 0.1) is 6.54 Å². The number of aromatic nitrogens is 2. The van der Waals surface area contributed by atoms with E-state index in [4.69, 9.17) is 0 Å². The molecule has 6 nitrogen and oxygen atoms in total. The van der Waals surface area contributed by atoms with E-state index in [1.54, 1.807) is 0 Å². The Kier molecular flexibility index (Phi) is 4.50. The third-order valence-corrected chi connectivity index (χ3v) is 1.85. The molecule has 0 fully saturated rings. The zero-order valence-electron chi connectivity index (χ0n) is 9.43. The molecule has 0 radical (unpaired) electrons. The zero-order chi connectivity index (χ0) is 12.0. The fraction of sp³-hybridized carbons (Fsp3) is 0.500. The van der Waals surface area contributed by atoms with Crippen LogP contribution in [-0.4, -0.2) is 34.6 Å². The predicted molar refractivity (Wildman–Crippen MR) is 58.9 cm³/mol. The van der Waals surface area contributed by atoms with E-state index in [1.807, 2.05) is 13.8 Å². The van der Waals surface area contributed by atoms with Crippen LogP contribution in [0.15, 0.2) is 18.7 Å². The Morgan fingerprint density at radius 1 is 1.38 bits per heavy atom. The second kappa shape index (κ2) is 5.89. The molecule has 0 saturated carbocycles. The van der Waals surface area contributed by atoms with Crippen LogP contribution in [0.5, 0.6) is 0 Å². The van der Waals surface area contributed by atoms with Gasteiger partial charge in [0.25, 0.3) is 0 Å². The Morgan fingerprint density at radius 3 is 2.69 bits per heavy atom. The molecule has 2 amide bonds. The molecule has 2 N–H and O–H groups in total. The summed E-state index contributed by atoms with van der Waals surface area (Å²) >= 11 is 0. The number of carbonyl (C=O) groups excluding carboxylic acids is 2. The van der Waals surface area contributed by atoms with Gasteiger partial charge in [-0.3, -0.25) is 9.36 Å². The molecule has 0 atom stereocenters. The summed E-state index contributed by atoms with van der Waals surface area (Å²) in [5.41, 5.74) is 0. The number of imidazole rings is 1. The summed E-state index contributed by atoms with van der Waals surface area (Å²) in [6.07, 6.45) is 4.39. The van der Waals surface area contributed by atoms with Crippen LogP contribution in [0.4, 0.5) is 4.79 Å². The average Bonchev–Trinajstić information content (AvgIpc) is 2.76. The van der Waals surface area contributed by atoms with Gasteiger partial charge in [-0.15, -0.1) is 0 Å². The molecule has 1 aromatic rings. The summed E-state index contributed by atoms with van der Waals surface area (Å²) in [6, 6.07) is -0.364. The van der Waals surface area contributed by atoms with E-state index < -0.39 is 0 Å².